The number of nitrogens with zero attached hydrogens (tertiary/aromatic N) is 2. The van der Waals surface area contributed by atoms with E-state index in [2.05, 4.69) is 20.6 Å². The zero-order valence-electron chi connectivity index (χ0n) is 17.0. The molecule has 1 saturated heterocycles. The molecule has 3 rings (SSSR count). The fourth-order valence-corrected chi connectivity index (χ4v) is 3.68. The lowest BCUT2D eigenvalue weighted by Crippen LogP contribution is -2.48. The number of aliphatic imine (C=N–C) groups is 1. The number of halogens is 3. The molecule has 162 valence electrons. The molecule has 0 amide bonds. The number of alkyl halides is 3. The van der Waals surface area contributed by atoms with Gasteiger partial charge in [-0.25, -0.2) is 0 Å². The van der Waals surface area contributed by atoms with Crippen LogP contribution in [-0.4, -0.2) is 44.3 Å². The normalized spacial score (nSPS) is 16.9. The van der Waals surface area contributed by atoms with Crippen LogP contribution in [0, 0.1) is 0 Å². The summed E-state index contributed by atoms with van der Waals surface area (Å²) in [6.07, 6.45) is -0.572. The van der Waals surface area contributed by atoms with Gasteiger partial charge in [0.15, 0.2) is 5.96 Å². The number of pyridine rings is 1. The highest BCUT2D eigenvalue weighted by atomic mass is 19.4. The summed E-state index contributed by atoms with van der Waals surface area (Å²) in [4.78, 5) is 8.54. The minimum absolute atomic E-state index is 0.446. The van der Waals surface area contributed by atoms with Crippen LogP contribution in [-0.2, 0) is 22.7 Å². The summed E-state index contributed by atoms with van der Waals surface area (Å²) in [5.74, 6) is 0.615. The second-order valence-electron chi connectivity index (χ2n) is 7.39. The molecule has 2 heterocycles. The molecule has 0 unspecified atom stereocenters. The molecule has 0 bridgehead atoms. The number of aromatic nitrogens is 1. The number of ether oxygens (including phenoxy) is 1. The monoisotopic (exact) mass is 420 g/mol. The van der Waals surface area contributed by atoms with E-state index >= 15 is 0 Å². The smallest absolute Gasteiger partial charge is 0.381 e. The minimum atomic E-state index is -4.36. The van der Waals surface area contributed by atoms with Crippen LogP contribution in [0.15, 0.2) is 53.7 Å². The Morgan fingerprint density at radius 3 is 2.60 bits per heavy atom. The van der Waals surface area contributed by atoms with Gasteiger partial charge in [-0.05, 0) is 36.6 Å². The largest absolute Gasteiger partial charge is 0.416 e. The van der Waals surface area contributed by atoms with Crippen LogP contribution in [0.2, 0.25) is 0 Å². The molecule has 2 aromatic rings. The second-order valence-corrected chi connectivity index (χ2v) is 7.39. The maximum atomic E-state index is 13.2. The van der Waals surface area contributed by atoms with Crippen LogP contribution >= 0.6 is 0 Å². The molecule has 0 spiro atoms. The van der Waals surface area contributed by atoms with Gasteiger partial charge in [-0.1, -0.05) is 24.3 Å². The number of guanidine groups is 1. The highest BCUT2D eigenvalue weighted by Gasteiger charge is 2.37. The number of nitrogens with one attached hydrogen (secondary N) is 2. The SMILES string of the molecule is CN=C(NCCc1ccccn1)NCC1(c2cccc(C(F)(F)F)c2)CCOCC1. The van der Waals surface area contributed by atoms with Gasteiger partial charge in [0.05, 0.1) is 5.56 Å². The van der Waals surface area contributed by atoms with E-state index < -0.39 is 17.2 Å². The number of rotatable bonds is 6. The third kappa shape index (κ3) is 5.72. The summed E-state index contributed by atoms with van der Waals surface area (Å²) in [5.41, 5.74) is 0.587. The topological polar surface area (TPSA) is 58.5 Å². The molecule has 0 atom stereocenters. The Morgan fingerprint density at radius 2 is 1.93 bits per heavy atom. The van der Waals surface area contributed by atoms with Gasteiger partial charge >= 0.3 is 6.18 Å². The first-order valence-electron chi connectivity index (χ1n) is 10.0. The summed E-state index contributed by atoms with van der Waals surface area (Å²) in [7, 11) is 1.68. The van der Waals surface area contributed by atoms with E-state index in [1.807, 2.05) is 18.2 Å². The van der Waals surface area contributed by atoms with Crippen LogP contribution in [0.1, 0.15) is 29.7 Å². The molecular formula is C22H27F3N4O. The van der Waals surface area contributed by atoms with Gasteiger partial charge in [0.25, 0.3) is 0 Å². The van der Waals surface area contributed by atoms with Crippen molar-refractivity contribution in [3.63, 3.8) is 0 Å². The van der Waals surface area contributed by atoms with E-state index in [0.717, 1.165) is 18.2 Å². The first-order chi connectivity index (χ1) is 14.4. The number of hydrogen-bond acceptors (Lipinski definition) is 3. The van der Waals surface area contributed by atoms with Gasteiger partial charge < -0.3 is 15.4 Å². The Balaban J connectivity index is 1.67. The van der Waals surface area contributed by atoms with E-state index in [9.17, 15) is 13.2 Å². The van der Waals surface area contributed by atoms with Crippen LogP contribution < -0.4 is 10.6 Å². The summed E-state index contributed by atoms with van der Waals surface area (Å²) in [5, 5.41) is 6.55. The van der Waals surface area contributed by atoms with Crippen molar-refractivity contribution in [3.05, 3.63) is 65.5 Å². The molecule has 1 aliphatic rings. The maximum Gasteiger partial charge on any atom is 0.416 e. The lowest BCUT2D eigenvalue weighted by atomic mass is 9.73. The van der Waals surface area contributed by atoms with Crippen molar-refractivity contribution in [1.82, 2.24) is 15.6 Å². The molecule has 0 aliphatic carbocycles. The predicted octanol–water partition coefficient (Wildman–Crippen LogP) is 3.56. The molecule has 1 aromatic carbocycles. The van der Waals surface area contributed by atoms with Crippen molar-refractivity contribution in [2.24, 2.45) is 4.99 Å². The lowest BCUT2D eigenvalue weighted by Gasteiger charge is -2.38. The van der Waals surface area contributed by atoms with E-state index in [1.165, 1.54) is 12.1 Å². The highest BCUT2D eigenvalue weighted by molar-refractivity contribution is 5.79. The number of hydrogen-bond donors (Lipinski definition) is 2. The van der Waals surface area contributed by atoms with E-state index in [0.29, 0.717) is 50.7 Å². The molecule has 2 N–H and O–H groups in total. The minimum Gasteiger partial charge on any atom is -0.381 e. The van der Waals surface area contributed by atoms with Gasteiger partial charge in [0.1, 0.15) is 0 Å². The molecule has 1 aliphatic heterocycles. The van der Waals surface area contributed by atoms with E-state index in [4.69, 9.17) is 4.74 Å². The van der Waals surface area contributed by atoms with Gasteiger partial charge in [-0.2, -0.15) is 13.2 Å². The zero-order chi connectivity index (χ0) is 21.5. The van der Waals surface area contributed by atoms with Crippen molar-refractivity contribution in [1.29, 1.82) is 0 Å². The van der Waals surface area contributed by atoms with Gasteiger partial charge in [-0.15, -0.1) is 0 Å². The quantitative estimate of drug-likeness (QED) is 0.554. The van der Waals surface area contributed by atoms with Crippen LogP contribution in [0.25, 0.3) is 0 Å². The lowest BCUT2D eigenvalue weighted by molar-refractivity contribution is -0.137. The first kappa shape index (κ1) is 22.1. The standard InChI is InChI=1S/C22H27F3N4O/c1-26-20(28-12-8-19-7-2-3-11-27-19)29-16-21(9-13-30-14-10-21)17-5-4-6-18(15-17)22(23,24)25/h2-7,11,15H,8-10,12-14,16H2,1H3,(H2,26,28,29). The Labute approximate surface area is 174 Å². The van der Waals surface area contributed by atoms with E-state index in [-0.39, 0.29) is 0 Å². The Morgan fingerprint density at radius 1 is 1.13 bits per heavy atom. The fraction of sp³-hybridized carbons (Fsp3) is 0.455. The Hall–Kier alpha value is -2.61. The van der Waals surface area contributed by atoms with Gasteiger partial charge in [0, 0.05) is 57.1 Å². The van der Waals surface area contributed by atoms with Crippen molar-refractivity contribution < 1.29 is 17.9 Å². The molecule has 8 heteroatoms. The molecule has 0 radical (unpaired) electrons. The molecule has 30 heavy (non-hydrogen) atoms. The van der Waals surface area contributed by atoms with Crippen LogP contribution in [0.5, 0.6) is 0 Å². The summed E-state index contributed by atoms with van der Waals surface area (Å²) >= 11 is 0. The van der Waals surface area contributed by atoms with Crippen molar-refractivity contribution in [2.75, 3.05) is 33.4 Å². The summed E-state index contributed by atoms with van der Waals surface area (Å²) < 4.78 is 45.2. The molecule has 0 saturated carbocycles. The predicted molar refractivity (Wildman–Crippen MR) is 110 cm³/mol. The zero-order valence-corrected chi connectivity index (χ0v) is 17.0. The molecule has 1 aromatic heterocycles. The van der Waals surface area contributed by atoms with Crippen LogP contribution in [0.3, 0.4) is 0 Å². The number of benzene rings is 1. The maximum absolute atomic E-state index is 13.2. The van der Waals surface area contributed by atoms with Crippen molar-refractivity contribution >= 4 is 5.96 Å². The first-order valence-corrected chi connectivity index (χ1v) is 10.0. The van der Waals surface area contributed by atoms with Gasteiger partial charge in [0.2, 0.25) is 0 Å². The summed E-state index contributed by atoms with van der Waals surface area (Å²) in [6, 6.07) is 11.4. The molecular weight excluding hydrogens is 393 g/mol. The van der Waals surface area contributed by atoms with E-state index in [1.54, 1.807) is 19.3 Å². The third-order valence-electron chi connectivity index (χ3n) is 5.47. The van der Waals surface area contributed by atoms with Crippen LogP contribution in [0.4, 0.5) is 13.2 Å². The second kappa shape index (κ2) is 9.93. The van der Waals surface area contributed by atoms with Gasteiger partial charge in [-0.3, -0.25) is 9.98 Å². The van der Waals surface area contributed by atoms with Crippen molar-refractivity contribution in [2.45, 2.75) is 30.9 Å². The molecule has 5 nitrogen and oxygen atoms in total. The Kier molecular flexibility index (Phi) is 7.31. The fourth-order valence-electron chi connectivity index (χ4n) is 3.68. The Bertz CT molecular complexity index is 834. The highest BCUT2D eigenvalue weighted by Crippen LogP contribution is 2.37. The van der Waals surface area contributed by atoms with Crippen molar-refractivity contribution in [3.8, 4) is 0 Å². The third-order valence-corrected chi connectivity index (χ3v) is 5.47. The average molecular weight is 420 g/mol. The summed E-state index contributed by atoms with van der Waals surface area (Å²) in [6.45, 7) is 2.16. The molecule has 1 fully saturated rings. The average Bonchev–Trinajstić information content (AvgIpc) is 2.77.